The van der Waals surface area contributed by atoms with Crippen molar-refractivity contribution in [3.63, 3.8) is 0 Å². The molecule has 1 aromatic rings. The molecule has 0 amide bonds. The van der Waals surface area contributed by atoms with Gasteiger partial charge in [-0.05, 0) is 37.8 Å². The first-order valence-corrected chi connectivity index (χ1v) is 5.58. The van der Waals surface area contributed by atoms with Gasteiger partial charge in [0.25, 0.3) is 0 Å². The molecule has 1 aliphatic heterocycles. The highest BCUT2D eigenvalue weighted by molar-refractivity contribution is 5.85. The van der Waals surface area contributed by atoms with Gasteiger partial charge in [-0.3, -0.25) is 9.97 Å². The fourth-order valence-corrected chi connectivity index (χ4v) is 2.92. The molecule has 0 aromatic carbocycles. The summed E-state index contributed by atoms with van der Waals surface area (Å²) >= 11 is 0. The van der Waals surface area contributed by atoms with Crippen LogP contribution < -0.4 is 11.1 Å². The van der Waals surface area contributed by atoms with Crippen LogP contribution in [0.15, 0.2) is 12.4 Å². The van der Waals surface area contributed by atoms with Crippen molar-refractivity contribution in [1.29, 1.82) is 0 Å². The van der Waals surface area contributed by atoms with E-state index in [1.165, 1.54) is 0 Å². The summed E-state index contributed by atoms with van der Waals surface area (Å²) in [6.07, 6.45) is 6.82. The molecule has 16 heavy (non-hydrogen) atoms. The molecule has 3 N–H and O–H groups in total. The highest BCUT2D eigenvalue weighted by atomic mass is 35.5. The number of piperidine rings is 1. The Labute approximate surface area is 101 Å². The molecule has 1 spiro atoms. The molecule has 1 aromatic heterocycles. The predicted molar refractivity (Wildman–Crippen MR) is 64.4 cm³/mol. The molecular formula is C11H17ClN4. The molecule has 0 bridgehead atoms. The Kier molecular flexibility index (Phi) is 3.15. The summed E-state index contributed by atoms with van der Waals surface area (Å²) in [7, 11) is 0. The van der Waals surface area contributed by atoms with Crippen molar-refractivity contribution in [2.24, 2.45) is 11.1 Å². The minimum absolute atomic E-state index is 0. The maximum absolute atomic E-state index is 6.33. The average molecular weight is 241 g/mol. The van der Waals surface area contributed by atoms with Crippen molar-refractivity contribution in [3.05, 3.63) is 23.8 Å². The van der Waals surface area contributed by atoms with Gasteiger partial charge in [-0.2, -0.15) is 0 Å². The normalized spacial score (nSPS) is 26.2. The summed E-state index contributed by atoms with van der Waals surface area (Å²) in [5.41, 5.74) is 8.70. The van der Waals surface area contributed by atoms with Gasteiger partial charge in [0.05, 0.1) is 17.4 Å². The number of nitrogens with two attached hydrogens (primary N) is 1. The lowest BCUT2D eigenvalue weighted by molar-refractivity contribution is 0.172. The van der Waals surface area contributed by atoms with E-state index in [4.69, 9.17) is 5.73 Å². The van der Waals surface area contributed by atoms with Gasteiger partial charge in [0, 0.05) is 12.4 Å². The predicted octanol–water partition coefficient (Wildman–Crippen LogP) is 0.824. The van der Waals surface area contributed by atoms with Crippen LogP contribution in [0.1, 0.15) is 30.3 Å². The molecule has 2 aliphatic rings. The number of aromatic nitrogens is 2. The second-order valence-electron chi connectivity index (χ2n) is 4.66. The number of halogens is 1. The molecule has 5 heteroatoms. The SMILES string of the molecule is Cl.N[C@@H]1c2nccnc2CC12CCNCC2. The minimum Gasteiger partial charge on any atom is -0.322 e. The average Bonchev–Trinajstić information content (AvgIpc) is 2.54. The summed E-state index contributed by atoms with van der Waals surface area (Å²) in [6.45, 7) is 2.14. The summed E-state index contributed by atoms with van der Waals surface area (Å²) < 4.78 is 0. The highest BCUT2D eigenvalue weighted by Crippen LogP contribution is 2.48. The molecule has 4 nitrogen and oxygen atoms in total. The van der Waals surface area contributed by atoms with E-state index in [0.717, 1.165) is 43.7 Å². The lowest BCUT2D eigenvalue weighted by Gasteiger charge is -2.37. The van der Waals surface area contributed by atoms with Gasteiger partial charge in [0.15, 0.2) is 0 Å². The number of nitrogens with one attached hydrogen (secondary N) is 1. The van der Waals surface area contributed by atoms with Crippen molar-refractivity contribution in [2.75, 3.05) is 13.1 Å². The van der Waals surface area contributed by atoms with Crippen LogP contribution >= 0.6 is 12.4 Å². The van der Waals surface area contributed by atoms with E-state index in [0.29, 0.717) is 0 Å². The Morgan fingerprint density at radius 3 is 2.62 bits per heavy atom. The molecule has 88 valence electrons. The molecule has 1 atom stereocenters. The quantitative estimate of drug-likeness (QED) is 0.705. The smallest absolute Gasteiger partial charge is 0.0791 e. The highest BCUT2D eigenvalue weighted by Gasteiger charge is 2.46. The molecule has 3 rings (SSSR count). The zero-order chi connectivity index (χ0) is 10.3. The van der Waals surface area contributed by atoms with E-state index in [1.807, 2.05) is 0 Å². The second kappa shape index (κ2) is 4.28. The van der Waals surface area contributed by atoms with E-state index in [2.05, 4.69) is 15.3 Å². The van der Waals surface area contributed by atoms with Gasteiger partial charge >= 0.3 is 0 Å². The van der Waals surface area contributed by atoms with Crippen LogP contribution in [0.3, 0.4) is 0 Å². The fraction of sp³-hybridized carbons (Fsp3) is 0.636. The Balaban J connectivity index is 0.000000963. The number of hydrogen-bond donors (Lipinski definition) is 2. The van der Waals surface area contributed by atoms with E-state index in [-0.39, 0.29) is 23.9 Å². The van der Waals surface area contributed by atoms with Crippen LogP contribution in [0, 0.1) is 5.41 Å². The molecule has 0 radical (unpaired) electrons. The molecule has 1 aliphatic carbocycles. The Morgan fingerprint density at radius 2 is 1.94 bits per heavy atom. The summed E-state index contributed by atoms with van der Waals surface area (Å²) in [4.78, 5) is 8.78. The second-order valence-corrected chi connectivity index (χ2v) is 4.66. The molecule has 0 saturated carbocycles. The maximum atomic E-state index is 6.33. The van der Waals surface area contributed by atoms with Crippen molar-refractivity contribution >= 4 is 12.4 Å². The Morgan fingerprint density at radius 1 is 1.25 bits per heavy atom. The molecule has 1 saturated heterocycles. The van der Waals surface area contributed by atoms with Crippen LogP contribution in [-0.2, 0) is 6.42 Å². The zero-order valence-electron chi connectivity index (χ0n) is 9.15. The summed E-state index contributed by atoms with van der Waals surface area (Å²) in [5, 5.41) is 3.39. The van der Waals surface area contributed by atoms with E-state index < -0.39 is 0 Å². The van der Waals surface area contributed by atoms with E-state index in [9.17, 15) is 0 Å². The first-order chi connectivity index (χ1) is 7.32. The maximum Gasteiger partial charge on any atom is 0.0791 e. The number of nitrogens with zero attached hydrogens (tertiary/aromatic N) is 2. The van der Waals surface area contributed by atoms with Crippen LogP contribution in [0.4, 0.5) is 0 Å². The fourth-order valence-electron chi connectivity index (χ4n) is 2.92. The van der Waals surface area contributed by atoms with Gasteiger partial charge in [-0.15, -0.1) is 12.4 Å². The number of fused-ring (bicyclic) bond motifs is 1. The van der Waals surface area contributed by atoms with Crippen molar-refractivity contribution in [2.45, 2.75) is 25.3 Å². The van der Waals surface area contributed by atoms with Crippen LogP contribution in [-0.4, -0.2) is 23.1 Å². The first kappa shape index (κ1) is 11.8. The Bertz CT molecular complexity index is 376. The van der Waals surface area contributed by atoms with Crippen molar-refractivity contribution in [3.8, 4) is 0 Å². The minimum atomic E-state index is 0. The third-order valence-electron chi connectivity index (χ3n) is 3.88. The van der Waals surface area contributed by atoms with E-state index >= 15 is 0 Å². The van der Waals surface area contributed by atoms with Crippen molar-refractivity contribution < 1.29 is 0 Å². The summed E-state index contributed by atoms with van der Waals surface area (Å²) in [6, 6.07) is 0.0864. The third-order valence-corrected chi connectivity index (χ3v) is 3.88. The van der Waals surface area contributed by atoms with Crippen LogP contribution in [0.25, 0.3) is 0 Å². The first-order valence-electron chi connectivity index (χ1n) is 5.58. The van der Waals surface area contributed by atoms with E-state index in [1.54, 1.807) is 12.4 Å². The topological polar surface area (TPSA) is 63.8 Å². The summed E-state index contributed by atoms with van der Waals surface area (Å²) in [5.74, 6) is 0. The van der Waals surface area contributed by atoms with Crippen LogP contribution in [0.2, 0.25) is 0 Å². The Hall–Kier alpha value is -0.710. The standard InChI is InChI=1S/C11H16N4.ClH/c12-10-9-8(14-5-6-15-9)7-11(10)1-3-13-4-2-11;/h5-6,10,13H,1-4,7,12H2;1H/t10-;/m1./s1. The lowest BCUT2D eigenvalue weighted by Crippen LogP contribution is -2.42. The largest absolute Gasteiger partial charge is 0.322 e. The molecule has 2 heterocycles. The van der Waals surface area contributed by atoms with Gasteiger partial charge in [0.2, 0.25) is 0 Å². The third kappa shape index (κ3) is 1.61. The van der Waals surface area contributed by atoms with Gasteiger partial charge in [-0.25, -0.2) is 0 Å². The lowest BCUT2D eigenvalue weighted by atomic mass is 9.74. The zero-order valence-corrected chi connectivity index (χ0v) is 9.96. The number of rotatable bonds is 0. The molecule has 0 unspecified atom stereocenters. The number of hydrogen-bond acceptors (Lipinski definition) is 4. The van der Waals surface area contributed by atoms with Crippen LogP contribution in [0.5, 0.6) is 0 Å². The molecule has 1 fully saturated rings. The van der Waals surface area contributed by atoms with Crippen molar-refractivity contribution in [1.82, 2.24) is 15.3 Å². The van der Waals surface area contributed by atoms with Gasteiger partial charge in [0.1, 0.15) is 0 Å². The monoisotopic (exact) mass is 240 g/mol. The van der Waals surface area contributed by atoms with Gasteiger partial charge in [-0.1, -0.05) is 0 Å². The molecular weight excluding hydrogens is 224 g/mol. The van der Waals surface area contributed by atoms with Gasteiger partial charge < -0.3 is 11.1 Å².